The predicted octanol–water partition coefficient (Wildman–Crippen LogP) is 2.03. The molecule has 0 aliphatic rings. The lowest BCUT2D eigenvalue weighted by Crippen LogP contribution is -2.16. The van der Waals surface area contributed by atoms with Gasteiger partial charge in [0.25, 0.3) is 0 Å². The van der Waals surface area contributed by atoms with Gasteiger partial charge in [-0.2, -0.15) is 0 Å². The molecule has 0 aromatic carbocycles. The molecule has 0 amide bonds. The van der Waals surface area contributed by atoms with E-state index in [-0.39, 0.29) is 5.84 Å². The van der Waals surface area contributed by atoms with E-state index in [2.05, 4.69) is 15.1 Å². The SMILES string of the molecule is Cc1ccnc(Sc2ccccn2)c1/C(N)=N/O. The van der Waals surface area contributed by atoms with E-state index in [0.717, 1.165) is 10.6 Å². The lowest BCUT2D eigenvalue weighted by Gasteiger charge is -2.08. The molecule has 0 fully saturated rings. The van der Waals surface area contributed by atoms with Crippen molar-refractivity contribution in [3.63, 3.8) is 0 Å². The van der Waals surface area contributed by atoms with Crippen LogP contribution in [0.3, 0.4) is 0 Å². The first-order chi connectivity index (χ1) is 8.72. The maximum atomic E-state index is 8.81. The van der Waals surface area contributed by atoms with Gasteiger partial charge in [0.2, 0.25) is 0 Å². The Balaban J connectivity index is 2.42. The van der Waals surface area contributed by atoms with Crippen LogP contribution < -0.4 is 5.73 Å². The molecule has 18 heavy (non-hydrogen) atoms. The molecule has 0 unspecified atom stereocenters. The molecule has 2 aromatic rings. The van der Waals surface area contributed by atoms with Gasteiger partial charge in [0, 0.05) is 12.4 Å². The van der Waals surface area contributed by atoms with Crippen molar-refractivity contribution in [2.45, 2.75) is 17.0 Å². The number of nitrogens with two attached hydrogens (primary N) is 1. The minimum atomic E-state index is 0.0547. The first-order valence-electron chi connectivity index (χ1n) is 5.24. The van der Waals surface area contributed by atoms with Gasteiger partial charge in [-0.25, -0.2) is 9.97 Å². The van der Waals surface area contributed by atoms with E-state index < -0.39 is 0 Å². The summed E-state index contributed by atoms with van der Waals surface area (Å²) in [4.78, 5) is 8.46. The second kappa shape index (κ2) is 5.50. The Morgan fingerprint density at radius 2 is 2.11 bits per heavy atom. The van der Waals surface area contributed by atoms with Gasteiger partial charge < -0.3 is 10.9 Å². The fraction of sp³-hybridized carbons (Fsp3) is 0.0833. The van der Waals surface area contributed by atoms with E-state index in [1.54, 1.807) is 12.4 Å². The summed E-state index contributed by atoms with van der Waals surface area (Å²) in [7, 11) is 0. The number of amidine groups is 1. The molecule has 0 radical (unpaired) electrons. The first-order valence-corrected chi connectivity index (χ1v) is 6.06. The second-order valence-electron chi connectivity index (χ2n) is 3.56. The fourth-order valence-electron chi connectivity index (χ4n) is 1.48. The number of aromatic nitrogens is 2. The van der Waals surface area contributed by atoms with Gasteiger partial charge in [-0.3, -0.25) is 0 Å². The summed E-state index contributed by atoms with van der Waals surface area (Å²) >= 11 is 1.38. The third-order valence-corrected chi connectivity index (χ3v) is 3.28. The van der Waals surface area contributed by atoms with Crippen molar-refractivity contribution in [1.82, 2.24) is 9.97 Å². The van der Waals surface area contributed by atoms with Crippen LogP contribution in [-0.4, -0.2) is 21.0 Å². The van der Waals surface area contributed by atoms with Crippen LogP contribution in [0.1, 0.15) is 11.1 Å². The summed E-state index contributed by atoms with van der Waals surface area (Å²) in [5, 5.41) is 13.3. The first kappa shape index (κ1) is 12.4. The van der Waals surface area contributed by atoms with E-state index in [9.17, 15) is 0 Å². The Morgan fingerprint density at radius 3 is 2.78 bits per heavy atom. The Hall–Kier alpha value is -2.08. The third kappa shape index (κ3) is 2.60. The van der Waals surface area contributed by atoms with Gasteiger partial charge in [-0.1, -0.05) is 11.2 Å². The molecule has 0 aliphatic heterocycles. The largest absolute Gasteiger partial charge is 0.409 e. The summed E-state index contributed by atoms with van der Waals surface area (Å²) in [5.74, 6) is 0.0547. The number of aryl methyl sites for hydroxylation is 1. The van der Waals surface area contributed by atoms with Crippen LogP contribution in [0.25, 0.3) is 0 Å². The Labute approximate surface area is 109 Å². The zero-order chi connectivity index (χ0) is 13.0. The molecular formula is C12H12N4OS. The van der Waals surface area contributed by atoms with Gasteiger partial charge in [-0.05, 0) is 42.4 Å². The molecule has 5 nitrogen and oxygen atoms in total. The molecule has 2 aromatic heterocycles. The Kier molecular flexibility index (Phi) is 3.78. The fourth-order valence-corrected chi connectivity index (χ4v) is 2.42. The molecule has 0 spiro atoms. The summed E-state index contributed by atoms with van der Waals surface area (Å²) in [5.41, 5.74) is 7.21. The number of hydrogen-bond acceptors (Lipinski definition) is 5. The minimum absolute atomic E-state index is 0.0547. The molecule has 0 aliphatic carbocycles. The number of rotatable bonds is 3. The molecule has 92 valence electrons. The van der Waals surface area contributed by atoms with Crippen molar-refractivity contribution in [2.24, 2.45) is 10.9 Å². The minimum Gasteiger partial charge on any atom is -0.409 e. The molecule has 2 heterocycles. The van der Waals surface area contributed by atoms with Gasteiger partial charge in [0.1, 0.15) is 10.1 Å². The summed E-state index contributed by atoms with van der Waals surface area (Å²) in [6.45, 7) is 1.89. The van der Waals surface area contributed by atoms with E-state index in [4.69, 9.17) is 10.9 Å². The van der Waals surface area contributed by atoms with Gasteiger partial charge >= 0.3 is 0 Å². The quantitative estimate of drug-likeness (QED) is 0.382. The monoisotopic (exact) mass is 260 g/mol. The van der Waals surface area contributed by atoms with Crippen molar-refractivity contribution < 1.29 is 5.21 Å². The van der Waals surface area contributed by atoms with E-state index in [1.165, 1.54) is 11.8 Å². The summed E-state index contributed by atoms with van der Waals surface area (Å²) < 4.78 is 0. The zero-order valence-electron chi connectivity index (χ0n) is 9.74. The van der Waals surface area contributed by atoms with Gasteiger partial charge in [0.15, 0.2) is 5.84 Å². The highest BCUT2D eigenvalue weighted by molar-refractivity contribution is 7.99. The van der Waals surface area contributed by atoms with Crippen molar-refractivity contribution >= 4 is 17.6 Å². The van der Waals surface area contributed by atoms with Crippen LogP contribution >= 0.6 is 11.8 Å². The normalized spacial score (nSPS) is 11.5. The second-order valence-corrected chi connectivity index (χ2v) is 4.57. The summed E-state index contributed by atoms with van der Waals surface area (Å²) in [6, 6.07) is 7.44. The zero-order valence-corrected chi connectivity index (χ0v) is 10.6. The predicted molar refractivity (Wildman–Crippen MR) is 69.8 cm³/mol. The molecule has 0 atom stereocenters. The molecule has 3 N–H and O–H groups in total. The molecular weight excluding hydrogens is 248 g/mol. The van der Waals surface area contributed by atoms with Crippen LogP contribution in [0.15, 0.2) is 51.9 Å². The maximum absolute atomic E-state index is 8.81. The van der Waals surface area contributed by atoms with Gasteiger partial charge in [-0.15, -0.1) is 0 Å². The Morgan fingerprint density at radius 1 is 1.28 bits per heavy atom. The molecule has 0 saturated heterocycles. The van der Waals surface area contributed by atoms with Crippen LogP contribution in [0.2, 0.25) is 0 Å². The highest BCUT2D eigenvalue weighted by Gasteiger charge is 2.13. The standard InChI is InChI=1S/C12H12N4OS/c1-8-5-7-15-12(10(8)11(13)16-17)18-9-4-2-3-6-14-9/h2-7,17H,1H3,(H2,13,16). The summed E-state index contributed by atoms with van der Waals surface area (Å²) in [6.07, 6.45) is 3.40. The van der Waals surface area contributed by atoms with Crippen LogP contribution in [-0.2, 0) is 0 Å². The molecule has 2 rings (SSSR count). The Bertz CT molecular complexity index is 572. The van der Waals surface area contributed by atoms with Crippen LogP contribution in [0.5, 0.6) is 0 Å². The smallest absolute Gasteiger partial charge is 0.173 e. The highest BCUT2D eigenvalue weighted by Crippen LogP contribution is 2.28. The van der Waals surface area contributed by atoms with Crippen LogP contribution in [0.4, 0.5) is 0 Å². The lowest BCUT2D eigenvalue weighted by atomic mass is 10.1. The van der Waals surface area contributed by atoms with Crippen LogP contribution in [0, 0.1) is 6.92 Å². The number of pyridine rings is 2. The number of nitrogens with zero attached hydrogens (tertiary/aromatic N) is 3. The van der Waals surface area contributed by atoms with Crippen molar-refractivity contribution in [1.29, 1.82) is 0 Å². The molecule has 0 saturated carbocycles. The number of hydrogen-bond donors (Lipinski definition) is 2. The number of oxime groups is 1. The van der Waals surface area contributed by atoms with Gasteiger partial charge in [0.05, 0.1) is 5.56 Å². The molecule has 6 heteroatoms. The van der Waals surface area contributed by atoms with E-state index in [1.807, 2.05) is 31.2 Å². The van der Waals surface area contributed by atoms with E-state index >= 15 is 0 Å². The average Bonchev–Trinajstić information content (AvgIpc) is 2.39. The molecule has 0 bridgehead atoms. The van der Waals surface area contributed by atoms with Crippen molar-refractivity contribution in [3.8, 4) is 0 Å². The third-order valence-electron chi connectivity index (χ3n) is 2.33. The lowest BCUT2D eigenvalue weighted by molar-refractivity contribution is 0.318. The topological polar surface area (TPSA) is 84.4 Å². The van der Waals surface area contributed by atoms with E-state index in [0.29, 0.717) is 10.6 Å². The highest BCUT2D eigenvalue weighted by atomic mass is 32.2. The van der Waals surface area contributed by atoms with Crippen molar-refractivity contribution in [2.75, 3.05) is 0 Å². The van der Waals surface area contributed by atoms with Crippen molar-refractivity contribution in [3.05, 3.63) is 47.8 Å². The maximum Gasteiger partial charge on any atom is 0.173 e. The average molecular weight is 260 g/mol.